The molecule has 0 radical (unpaired) electrons. The van der Waals surface area contributed by atoms with Crippen molar-refractivity contribution in [2.45, 2.75) is 5.03 Å². The van der Waals surface area contributed by atoms with E-state index in [0.29, 0.717) is 12.0 Å². The van der Waals surface area contributed by atoms with Crippen molar-refractivity contribution in [2.75, 3.05) is 6.26 Å². The molecule has 0 fully saturated rings. The number of nitrogens with zero attached hydrogens (tertiary/aromatic N) is 2. The molecule has 0 aromatic carbocycles. The number of rotatable bonds is 2. The molecule has 1 rings (SSSR count). The van der Waals surface area contributed by atoms with Crippen molar-refractivity contribution in [1.29, 1.82) is 0 Å². The average Bonchev–Trinajstić information content (AvgIpc) is 2.05. The van der Waals surface area contributed by atoms with Crippen molar-refractivity contribution >= 4 is 18.0 Å². The van der Waals surface area contributed by atoms with E-state index in [1.165, 1.54) is 18.0 Å². The molecule has 10 heavy (non-hydrogen) atoms. The zero-order chi connectivity index (χ0) is 7.40. The molecule has 0 saturated heterocycles. The molecule has 0 atom stereocenters. The zero-order valence-electron chi connectivity index (χ0n) is 5.44. The largest absolute Gasteiger partial charge is 0.296 e. The van der Waals surface area contributed by atoms with Gasteiger partial charge in [-0.1, -0.05) is 0 Å². The van der Waals surface area contributed by atoms with Crippen LogP contribution in [0.2, 0.25) is 0 Å². The van der Waals surface area contributed by atoms with E-state index >= 15 is 0 Å². The molecule has 0 bridgehead atoms. The molecule has 1 heterocycles. The van der Waals surface area contributed by atoms with E-state index in [-0.39, 0.29) is 0 Å². The highest BCUT2D eigenvalue weighted by Gasteiger charge is 1.92. The maximum absolute atomic E-state index is 10.1. The fraction of sp³-hybridized carbons (Fsp3) is 0.167. The van der Waals surface area contributed by atoms with Crippen molar-refractivity contribution in [2.24, 2.45) is 0 Å². The molecule has 0 aliphatic rings. The van der Waals surface area contributed by atoms with Crippen LogP contribution >= 0.6 is 11.8 Å². The molecule has 1 aromatic heterocycles. The van der Waals surface area contributed by atoms with Crippen molar-refractivity contribution in [3.05, 3.63) is 18.1 Å². The Morgan fingerprint density at radius 3 is 2.70 bits per heavy atom. The van der Waals surface area contributed by atoms with Crippen LogP contribution in [-0.4, -0.2) is 22.5 Å². The quantitative estimate of drug-likeness (QED) is 0.471. The Balaban J connectivity index is 2.90. The minimum atomic E-state index is 0.373. The third-order valence-corrected chi connectivity index (χ3v) is 1.61. The predicted molar refractivity (Wildman–Crippen MR) is 39.2 cm³/mol. The first-order valence-corrected chi connectivity index (χ1v) is 3.90. The van der Waals surface area contributed by atoms with Gasteiger partial charge >= 0.3 is 0 Å². The van der Waals surface area contributed by atoms with E-state index in [2.05, 4.69) is 9.97 Å². The van der Waals surface area contributed by atoms with E-state index in [1.54, 1.807) is 6.20 Å². The second-order valence-corrected chi connectivity index (χ2v) is 2.43. The molecule has 52 valence electrons. The lowest BCUT2D eigenvalue weighted by Crippen LogP contribution is -1.88. The summed E-state index contributed by atoms with van der Waals surface area (Å²) in [7, 11) is 0. The smallest absolute Gasteiger partial charge is 0.170 e. The van der Waals surface area contributed by atoms with Gasteiger partial charge in [-0.05, 0) is 6.26 Å². The molecular weight excluding hydrogens is 148 g/mol. The first-order valence-electron chi connectivity index (χ1n) is 2.68. The highest BCUT2D eigenvalue weighted by atomic mass is 32.2. The fourth-order valence-corrected chi connectivity index (χ4v) is 0.809. The predicted octanol–water partition coefficient (Wildman–Crippen LogP) is 1.01. The Morgan fingerprint density at radius 2 is 2.30 bits per heavy atom. The van der Waals surface area contributed by atoms with Crippen molar-refractivity contribution < 1.29 is 4.79 Å². The first kappa shape index (κ1) is 7.21. The van der Waals surface area contributed by atoms with Gasteiger partial charge in [-0.25, -0.2) is 9.97 Å². The lowest BCUT2D eigenvalue weighted by molar-refractivity contribution is 0.111. The minimum absolute atomic E-state index is 0.373. The normalized spacial score (nSPS) is 9.30. The summed E-state index contributed by atoms with van der Waals surface area (Å²) in [6, 6.07) is 0. The number of hydrogen-bond acceptors (Lipinski definition) is 4. The van der Waals surface area contributed by atoms with Gasteiger partial charge < -0.3 is 0 Å². The highest BCUT2D eigenvalue weighted by Crippen LogP contribution is 2.07. The van der Waals surface area contributed by atoms with Crippen LogP contribution in [0.25, 0.3) is 0 Å². The minimum Gasteiger partial charge on any atom is -0.296 e. The van der Waals surface area contributed by atoms with Gasteiger partial charge in [0.25, 0.3) is 0 Å². The Labute approximate surface area is 62.9 Å². The number of aromatic nitrogens is 2. The summed E-state index contributed by atoms with van der Waals surface area (Å²) in [4.78, 5) is 17.9. The average molecular weight is 154 g/mol. The van der Waals surface area contributed by atoms with Crippen molar-refractivity contribution in [3.8, 4) is 0 Å². The summed E-state index contributed by atoms with van der Waals surface area (Å²) in [6.45, 7) is 0. The van der Waals surface area contributed by atoms with Crippen LogP contribution in [-0.2, 0) is 0 Å². The van der Waals surface area contributed by atoms with Crippen LogP contribution in [0.5, 0.6) is 0 Å². The van der Waals surface area contributed by atoms with Gasteiger partial charge in [-0.15, -0.1) is 11.8 Å². The number of carbonyl (C=O) groups is 1. The van der Waals surface area contributed by atoms with Crippen LogP contribution in [0.15, 0.2) is 17.4 Å². The number of carbonyl (C=O) groups excluding carboxylic acids is 1. The standard InChI is InChI=1S/C6H6N2OS/c1-10-6-3-7-5(4-9)2-8-6/h2-4H,1H3. The monoisotopic (exact) mass is 154 g/mol. The van der Waals surface area contributed by atoms with Crippen molar-refractivity contribution in [3.63, 3.8) is 0 Å². The van der Waals surface area contributed by atoms with E-state index in [1.807, 2.05) is 6.26 Å². The molecule has 0 unspecified atom stereocenters. The number of thioether (sulfide) groups is 1. The van der Waals surface area contributed by atoms with Crippen LogP contribution in [0.4, 0.5) is 0 Å². The molecule has 0 amide bonds. The van der Waals surface area contributed by atoms with E-state index in [9.17, 15) is 4.79 Å². The lowest BCUT2D eigenvalue weighted by Gasteiger charge is -1.91. The molecular formula is C6H6N2OS. The summed E-state index contributed by atoms with van der Waals surface area (Å²) < 4.78 is 0. The van der Waals surface area contributed by atoms with Crippen LogP contribution in [0.3, 0.4) is 0 Å². The summed E-state index contributed by atoms with van der Waals surface area (Å²) in [5.41, 5.74) is 0.373. The Hall–Kier alpha value is -0.900. The zero-order valence-corrected chi connectivity index (χ0v) is 6.26. The summed E-state index contributed by atoms with van der Waals surface area (Å²) in [5.74, 6) is 0. The molecule has 0 aliphatic heterocycles. The molecule has 0 spiro atoms. The topological polar surface area (TPSA) is 42.9 Å². The second-order valence-electron chi connectivity index (χ2n) is 1.60. The molecule has 0 aliphatic carbocycles. The summed E-state index contributed by atoms with van der Waals surface area (Å²) in [5, 5.41) is 0.825. The third kappa shape index (κ3) is 1.54. The first-order chi connectivity index (χ1) is 4.86. The van der Waals surface area contributed by atoms with E-state index < -0.39 is 0 Å². The molecule has 1 aromatic rings. The maximum Gasteiger partial charge on any atom is 0.170 e. The highest BCUT2D eigenvalue weighted by molar-refractivity contribution is 7.98. The number of aldehydes is 1. The fourth-order valence-electron chi connectivity index (χ4n) is 0.492. The molecule has 3 nitrogen and oxygen atoms in total. The van der Waals surface area contributed by atoms with Gasteiger partial charge in [0.05, 0.1) is 12.4 Å². The number of hydrogen-bond donors (Lipinski definition) is 0. The molecule has 4 heteroatoms. The van der Waals surface area contributed by atoms with Crippen LogP contribution in [0.1, 0.15) is 10.5 Å². The third-order valence-electron chi connectivity index (χ3n) is 0.978. The van der Waals surface area contributed by atoms with E-state index in [0.717, 1.165) is 5.03 Å². The second kappa shape index (κ2) is 3.31. The Bertz CT molecular complexity index is 222. The van der Waals surface area contributed by atoms with Crippen LogP contribution in [0, 0.1) is 0 Å². The molecule has 0 N–H and O–H groups in total. The van der Waals surface area contributed by atoms with E-state index in [4.69, 9.17) is 0 Å². The van der Waals surface area contributed by atoms with Gasteiger partial charge in [-0.3, -0.25) is 4.79 Å². The van der Waals surface area contributed by atoms with Gasteiger partial charge in [0, 0.05) is 0 Å². The van der Waals surface area contributed by atoms with Gasteiger partial charge in [0.2, 0.25) is 0 Å². The molecule has 0 saturated carbocycles. The SMILES string of the molecule is CSc1cnc(C=O)cn1. The maximum atomic E-state index is 10.1. The lowest BCUT2D eigenvalue weighted by atomic mass is 10.5. The Morgan fingerprint density at radius 1 is 1.50 bits per heavy atom. The summed E-state index contributed by atoms with van der Waals surface area (Å²) >= 11 is 1.50. The van der Waals surface area contributed by atoms with Gasteiger partial charge in [0.15, 0.2) is 6.29 Å². The van der Waals surface area contributed by atoms with Crippen molar-refractivity contribution in [1.82, 2.24) is 9.97 Å². The Kier molecular flexibility index (Phi) is 2.39. The van der Waals surface area contributed by atoms with Gasteiger partial charge in [0.1, 0.15) is 10.7 Å². The van der Waals surface area contributed by atoms with Crippen LogP contribution < -0.4 is 0 Å². The summed E-state index contributed by atoms with van der Waals surface area (Å²) in [6.07, 6.45) is 5.62. The van der Waals surface area contributed by atoms with Gasteiger partial charge in [-0.2, -0.15) is 0 Å².